The van der Waals surface area contributed by atoms with Crippen LogP contribution in [-0.2, 0) is 14.3 Å². The Balaban J connectivity index is 3.11. The SMILES string of the molecule is CC(C)OS(=O)(=O)c1ccccc1O. The predicted molar refractivity (Wildman–Crippen MR) is 51.5 cm³/mol. The van der Waals surface area contributed by atoms with Crippen molar-refractivity contribution in [3.05, 3.63) is 24.3 Å². The molecule has 0 aromatic heterocycles. The number of para-hydroxylation sites is 1. The maximum Gasteiger partial charge on any atom is 0.300 e. The minimum atomic E-state index is -3.84. The molecule has 0 atom stereocenters. The highest BCUT2D eigenvalue weighted by molar-refractivity contribution is 7.86. The second-order valence-electron chi connectivity index (χ2n) is 3.07. The normalized spacial score (nSPS) is 11.9. The monoisotopic (exact) mass is 216 g/mol. The Bertz CT molecular complexity index is 409. The van der Waals surface area contributed by atoms with Crippen molar-refractivity contribution in [2.75, 3.05) is 0 Å². The first-order valence-corrected chi connectivity index (χ1v) is 5.55. The van der Waals surface area contributed by atoms with E-state index >= 15 is 0 Å². The summed E-state index contributed by atoms with van der Waals surface area (Å²) in [5.41, 5.74) is 0. The molecule has 0 aliphatic heterocycles. The Morgan fingerprint density at radius 3 is 2.36 bits per heavy atom. The zero-order valence-corrected chi connectivity index (χ0v) is 8.78. The molecule has 0 heterocycles. The summed E-state index contributed by atoms with van der Waals surface area (Å²) in [6.07, 6.45) is -0.445. The minimum Gasteiger partial charge on any atom is -0.506 e. The van der Waals surface area contributed by atoms with E-state index < -0.39 is 16.2 Å². The third-order valence-corrected chi connectivity index (χ3v) is 2.98. The quantitative estimate of drug-likeness (QED) is 0.778. The molecule has 5 heteroatoms. The Morgan fingerprint density at radius 1 is 1.29 bits per heavy atom. The standard InChI is InChI=1S/C9H12O4S/c1-7(2)13-14(11,12)9-6-4-3-5-8(9)10/h3-7,10H,1-2H3. The number of phenolic OH excluding ortho intramolecular Hbond substituents is 1. The van der Waals surface area contributed by atoms with Gasteiger partial charge in [-0.3, -0.25) is 4.18 Å². The van der Waals surface area contributed by atoms with E-state index in [0.717, 1.165) is 0 Å². The first-order chi connectivity index (χ1) is 6.43. The molecule has 1 rings (SSSR count). The molecule has 0 unspecified atom stereocenters. The van der Waals surface area contributed by atoms with E-state index in [2.05, 4.69) is 0 Å². The number of benzene rings is 1. The third-order valence-electron chi connectivity index (χ3n) is 1.45. The molecule has 0 amide bonds. The Kier molecular flexibility index (Phi) is 3.13. The second-order valence-corrected chi connectivity index (χ2v) is 4.61. The van der Waals surface area contributed by atoms with Crippen molar-refractivity contribution >= 4 is 10.1 Å². The van der Waals surface area contributed by atoms with Crippen molar-refractivity contribution in [2.45, 2.75) is 24.8 Å². The predicted octanol–water partition coefficient (Wildman–Crippen LogP) is 1.51. The summed E-state index contributed by atoms with van der Waals surface area (Å²) in [4.78, 5) is -0.200. The lowest BCUT2D eigenvalue weighted by atomic mass is 10.3. The van der Waals surface area contributed by atoms with Gasteiger partial charge in [0.25, 0.3) is 0 Å². The number of phenols is 1. The van der Waals surface area contributed by atoms with Crippen LogP contribution < -0.4 is 0 Å². The van der Waals surface area contributed by atoms with Crippen LogP contribution in [0.4, 0.5) is 0 Å². The van der Waals surface area contributed by atoms with Gasteiger partial charge in [-0.1, -0.05) is 12.1 Å². The highest BCUT2D eigenvalue weighted by Gasteiger charge is 2.20. The van der Waals surface area contributed by atoms with Crippen LogP contribution in [0.2, 0.25) is 0 Å². The largest absolute Gasteiger partial charge is 0.506 e. The van der Waals surface area contributed by atoms with Crippen molar-refractivity contribution in [1.29, 1.82) is 0 Å². The van der Waals surface area contributed by atoms with E-state index in [1.54, 1.807) is 19.9 Å². The highest BCUT2D eigenvalue weighted by atomic mass is 32.2. The number of aromatic hydroxyl groups is 1. The van der Waals surface area contributed by atoms with Crippen molar-refractivity contribution in [2.24, 2.45) is 0 Å². The summed E-state index contributed by atoms with van der Waals surface area (Å²) >= 11 is 0. The smallest absolute Gasteiger partial charge is 0.300 e. The lowest BCUT2D eigenvalue weighted by Gasteiger charge is -2.08. The fourth-order valence-electron chi connectivity index (χ4n) is 0.974. The zero-order chi connectivity index (χ0) is 10.8. The molecule has 4 nitrogen and oxygen atoms in total. The van der Waals surface area contributed by atoms with E-state index in [1.165, 1.54) is 18.2 Å². The molecule has 0 aliphatic carbocycles. The molecule has 0 spiro atoms. The Labute approximate surface area is 83.3 Å². The van der Waals surface area contributed by atoms with Crippen LogP contribution in [0.1, 0.15) is 13.8 Å². The summed E-state index contributed by atoms with van der Waals surface area (Å²) in [5, 5.41) is 9.30. The molecule has 0 radical (unpaired) electrons. The summed E-state index contributed by atoms with van der Waals surface area (Å²) in [6.45, 7) is 3.22. The molecule has 0 bridgehead atoms. The summed E-state index contributed by atoms with van der Waals surface area (Å²) in [5.74, 6) is -0.298. The average molecular weight is 216 g/mol. The first kappa shape index (κ1) is 11.0. The average Bonchev–Trinajstić information content (AvgIpc) is 2.02. The van der Waals surface area contributed by atoms with Gasteiger partial charge in [0.05, 0.1) is 6.10 Å². The van der Waals surface area contributed by atoms with Crippen molar-refractivity contribution in [3.63, 3.8) is 0 Å². The molecule has 1 aromatic rings. The van der Waals surface area contributed by atoms with Gasteiger partial charge in [0.1, 0.15) is 10.6 Å². The van der Waals surface area contributed by atoms with Gasteiger partial charge in [0, 0.05) is 0 Å². The van der Waals surface area contributed by atoms with Gasteiger partial charge in [-0.2, -0.15) is 8.42 Å². The molecule has 1 N–H and O–H groups in total. The molecule has 0 saturated heterocycles. The number of rotatable bonds is 3. The van der Waals surface area contributed by atoms with Crippen molar-refractivity contribution in [3.8, 4) is 5.75 Å². The fourth-order valence-corrected chi connectivity index (χ4v) is 2.15. The van der Waals surface area contributed by atoms with E-state index in [4.69, 9.17) is 4.18 Å². The number of hydrogen-bond acceptors (Lipinski definition) is 4. The summed E-state index contributed by atoms with van der Waals surface area (Å²) in [7, 11) is -3.84. The Morgan fingerprint density at radius 2 is 1.86 bits per heavy atom. The third kappa shape index (κ3) is 2.46. The maximum atomic E-state index is 11.5. The first-order valence-electron chi connectivity index (χ1n) is 4.15. The molecule has 14 heavy (non-hydrogen) atoms. The molecule has 0 saturated carbocycles. The van der Waals surface area contributed by atoms with Crippen LogP contribution >= 0.6 is 0 Å². The highest BCUT2D eigenvalue weighted by Crippen LogP contribution is 2.23. The van der Waals surface area contributed by atoms with E-state index in [9.17, 15) is 13.5 Å². The van der Waals surface area contributed by atoms with Gasteiger partial charge < -0.3 is 5.11 Å². The topological polar surface area (TPSA) is 63.6 Å². The molecular formula is C9H12O4S. The van der Waals surface area contributed by atoms with E-state index in [-0.39, 0.29) is 10.6 Å². The maximum absolute atomic E-state index is 11.5. The Hall–Kier alpha value is -1.07. The van der Waals surface area contributed by atoms with Crippen LogP contribution in [-0.4, -0.2) is 19.6 Å². The molecule has 0 fully saturated rings. The van der Waals surface area contributed by atoms with Crippen LogP contribution in [0, 0.1) is 0 Å². The lowest BCUT2D eigenvalue weighted by molar-refractivity contribution is 0.248. The van der Waals surface area contributed by atoms with Gasteiger partial charge in [-0.05, 0) is 26.0 Å². The van der Waals surface area contributed by atoms with E-state index in [1.807, 2.05) is 0 Å². The summed E-state index contributed by atoms with van der Waals surface area (Å²) in [6, 6.07) is 5.67. The molecule has 0 aliphatic rings. The van der Waals surface area contributed by atoms with E-state index in [0.29, 0.717) is 0 Å². The van der Waals surface area contributed by atoms with Crippen LogP contribution in [0.15, 0.2) is 29.2 Å². The van der Waals surface area contributed by atoms with Crippen LogP contribution in [0.25, 0.3) is 0 Å². The van der Waals surface area contributed by atoms with Gasteiger partial charge in [-0.25, -0.2) is 0 Å². The molecular weight excluding hydrogens is 204 g/mol. The number of hydrogen-bond donors (Lipinski definition) is 1. The van der Waals surface area contributed by atoms with Gasteiger partial charge in [0.15, 0.2) is 0 Å². The van der Waals surface area contributed by atoms with Gasteiger partial charge in [0.2, 0.25) is 0 Å². The fraction of sp³-hybridized carbons (Fsp3) is 0.333. The summed E-state index contributed by atoms with van der Waals surface area (Å²) < 4.78 is 27.7. The minimum absolute atomic E-state index is 0.200. The second kappa shape index (κ2) is 3.98. The molecule has 1 aromatic carbocycles. The van der Waals surface area contributed by atoms with Gasteiger partial charge in [-0.15, -0.1) is 0 Å². The molecule has 78 valence electrons. The van der Waals surface area contributed by atoms with Crippen LogP contribution in [0.5, 0.6) is 5.75 Å². The van der Waals surface area contributed by atoms with Crippen molar-refractivity contribution < 1.29 is 17.7 Å². The van der Waals surface area contributed by atoms with Crippen molar-refractivity contribution in [1.82, 2.24) is 0 Å². The zero-order valence-electron chi connectivity index (χ0n) is 7.97. The lowest BCUT2D eigenvalue weighted by Crippen LogP contribution is -2.12. The van der Waals surface area contributed by atoms with Crippen LogP contribution in [0.3, 0.4) is 0 Å². The van der Waals surface area contributed by atoms with Gasteiger partial charge >= 0.3 is 10.1 Å².